The summed E-state index contributed by atoms with van der Waals surface area (Å²) in [5.41, 5.74) is 2.85. The van der Waals surface area contributed by atoms with Gasteiger partial charge in [0.05, 0.1) is 25.4 Å². The minimum Gasteiger partial charge on any atom is -0.507 e. The number of hydrogen-bond donors (Lipinski definition) is 1. The second-order valence-electron chi connectivity index (χ2n) is 7.54. The van der Waals surface area contributed by atoms with E-state index in [0.717, 1.165) is 16.0 Å². The van der Waals surface area contributed by atoms with Crippen molar-refractivity contribution in [2.45, 2.75) is 19.9 Å². The molecule has 32 heavy (non-hydrogen) atoms. The maximum Gasteiger partial charge on any atom is 0.300 e. The minimum absolute atomic E-state index is 0.0176. The molecule has 7 heteroatoms. The minimum atomic E-state index is -0.757. The van der Waals surface area contributed by atoms with Crippen LogP contribution in [0.4, 0.5) is 5.69 Å². The molecule has 4 rings (SSSR count). The fourth-order valence-corrected chi connectivity index (χ4v) is 4.84. The number of amides is 1. The Kier molecular flexibility index (Phi) is 5.76. The lowest BCUT2D eigenvalue weighted by Crippen LogP contribution is -2.29. The number of aryl methyl sites for hydroxylation is 2. The van der Waals surface area contributed by atoms with E-state index in [-0.39, 0.29) is 16.9 Å². The Morgan fingerprint density at radius 3 is 2.44 bits per heavy atom. The van der Waals surface area contributed by atoms with Crippen LogP contribution in [0, 0.1) is 13.8 Å². The molecule has 0 saturated carbocycles. The van der Waals surface area contributed by atoms with Crippen LogP contribution in [0.5, 0.6) is 11.5 Å². The van der Waals surface area contributed by atoms with Gasteiger partial charge in [0.15, 0.2) is 0 Å². The van der Waals surface area contributed by atoms with E-state index < -0.39 is 17.7 Å². The van der Waals surface area contributed by atoms with Gasteiger partial charge in [-0.1, -0.05) is 23.8 Å². The molecule has 6 nitrogen and oxygen atoms in total. The third kappa shape index (κ3) is 3.54. The van der Waals surface area contributed by atoms with Crippen molar-refractivity contribution in [3.63, 3.8) is 0 Å². The fraction of sp³-hybridized carbons (Fsp3) is 0.200. The lowest BCUT2D eigenvalue weighted by atomic mass is 9.98. The van der Waals surface area contributed by atoms with Gasteiger partial charge in [0, 0.05) is 10.6 Å². The first-order chi connectivity index (χ1) is 15.4. The highest BCUT2D eigenvalue weighted by atomic mass is 32.1. The van der Waals surface area contributed by atoms with Crippen LogP contribution < -0.4 is 14.4 Å². The van der Waals surface area contributed by atoms with Gasteiger partial charge < -0.3 is 14.6 Å². The second kappa shape index (κ2) is 8.51. The zero-order chi connectivity index (χ0) is 23.0. The summed E-state index contributed by atoms with van der Waals surface area (Å²) in [4.78, 5) is 28.8. The number of thiophene rings is 1. The zero-order valence-corrected chi connectivity index (χ0v) is 19.0. The van der Waals surface area contributed by atoms with Gasteiger partial charge in [-0.05, 0) is 55.1 Å². The molecule has 0 radical (unpaired) electrons. The van der Waals surface area contributed by atoms with Gasteiger partial charge in [0.25, 0.3) is 11.7 Å². The topological polar surface area (TPSA) is 76.1 Å². The molecule has 164 valence electrons. The predicted octanol–water partition coefficient (Wildman–Crippen LogP) is 5.01. The van der Waals surface area contributed by atoms with Gasteiger partial charge >= 0.3 is 0 Å². The van der Waals surface area contributed by atoms with Crippen molar-refractivity contribution in [3.8, 4) is 11.5 Å². The van der Waals surface area contributed by atoms with E-state index in [1.165, 1.54) is 30.5 Å². The van der Waals surface area contributed by atoms with Crippen molar-refractivity contribution < 1.29 is 24.2 Å². The molecule has 3 aromatic rings. The van der Waals surface area contributed by atoms with E-state index in [2.05, 4.69) is 0 Å². The summed E-state index contributed by atoms with van der Waals surface area (Å²) in [7, 11) is 2.99. The third-order valence-corrected chi connectivity index (χ3v) is 6.46. The number of carbonyl (C=O) groups excluding carboxylic acids is 2. The Hall–Kier alpha value is -3.58. The van der Waals surface area contributed by atoms with E-state index in [1.54, 1.807) is 18.2 Å². The van der Waals surface area contributed by atoms with Crippen LogP contribution in [-0.2, 0) is 9.59 Å². The Morgan fingerprint density at radius 2 is 1.81 bits per heavy atom. The van der Waals surface area contributed by atoms with Crippen molar-refractivity contribution in [2.24, 2.45) is 0 Å². The number of nitrogens with zero attached hydrogens (tertiary/aromatic N) is 1. The first kappa shape index (κ1) is 21.6. The van der Waals surface area contributed by atoms with Crippen LogP contribution in [0.15, 0.2) is 59.5 Å². The molecule has 1 N–H and O–H groups in total. The third-order valence-electron chi connectivity index (χ3n) is 5.53. The summed E-state index contributed by atoms with van der Waals surface area (Å²) in [5.74, 6) is -0.871. The van der Waals surface area contributed by atoms with Gasteiger partial charge in [0.1, 0.15) is 23.3 Å². The predicted molar refractivity (Wildman–Crippen MR) is 125 cm³/mol. The largest absolute Gasteiger partial charge is 0.507 e. The molecule has 1 aromatic heterocycles. The molecule has 1 aliphatic heterocycles. The Bertz CT molecular complexity index is 1230. The number of rotatable bonds is 5. The van der Waals surface area contributed by atoms with E-state index in [1.807, 2.05) is 49.6 Å². The fourth-order valence-electron chi connectivity index (χ4n) is 4.02. The Morgan fingerprint density at radius 1 is 1.03 bits per heavy atom. The van der Waals surface area contributed by atoms with Crippen LogP contribution in [0.2, 0.25) is 0 Å². The zero-order valence-electron chi connectivity index (χ0n) is 18.2. The molecule has 2 heterocycles. The highest BCUT2D eigenvalue weighted by Crippen LogP contribution is 2.45. The summed E-state index contributed by atoms with van der Waals surface area (Å²) in [6.07, 6.45) is 0. The van der Waals surface area contributed by atoms with Gasteiger partial charge in [-0.3, -0.25) is 14.5 Å². The summed E-state index contributed by atoms with van der Waals surface area (Å²) >= 11 is 1.42. The van der Waals surface area contributed by atoms with Crippen LogP contribution in [-0.4, -0.2) is 31.0 Å². The van der Waals surface area contributed by atoms with Crippen molar-refractivity contribution in [1.29, 1.82) is 0 Å². The SMILES string of the molecule is COc1ccc(OC)c(/C(O)=C2/C(=O)C(=O)N(c3ccc(C)cc3C)C2c2cccs2)c1. The van der Waals surface area contributed by atoms with Gasteiger partial charge in [-0.2, -0.15) is 0 Å². The van der Waals surface area contributed by atoms with Crippen molar-refractivity contribution in [2.75, 3.05) is 19.1 Å². The molecule has 1 fully saturated rings. The van der Waals surface area contributed by atoms with Crippen molar-refractivity contribution >= 4 is 34.5 Å². The van der Waals surface area contributed by atoms with E-state index in [0.29, 0.717) is 17.2 Å². The summed E-state index contributed by atoms with van der Waals surface area (Å²) in [6.45, 7) is 3.87. The lowest BCUT2D eigenvalue weighted by molar-refractivity contribution is -0.132. The number of anilines is 1. The van der Waals surface area contributed by atoms with Gasteiger partial charge in [0.2, 0.25) is 0 Å². The van der Waals surface area contributed by atoms with Crippen LogP contribution in [0.1, 0.15) is 27.6 Å². The first-order valence-electron chi connectivity index (χ1n) is 10.0. The average Bonchev–Trinajstić information content (AvgIpc) is 3.40. The first-order valence-corrected chi connectivity index (χ1v) is 10.9. The molecule has 0 aliphatic carbocycles. The highest BCUT2D eigenvalue weighted by molar-refractivity contribution is 7.10. The number of ketones is 1. The molecule has 1 amide bonds. The van der Waals surface area contributed by atoms with Crippen LogP contribution >= 0.6 is 11.3 Å². The Labute approximate surface area is 190 Å². The standard InChI is InChI=1S/C25H23NO5S/c1-14-7-9-18(15(2)12-14)26-22(20-6-5-11-32-20)21(24(28)25(26)29)23(27)17-13-16(30-3)8-10-19(17)31-4/h5-13,22,27H,1-4H3/b23-21-. The molecule has 1 atom stereocenters. The number of aliphatic hydroxyl groups is 1. The monoisotopic (exact) mass is 449 g/mol. The number of carbonyl (C=O) groups is 2. The number of aliphatic hydroxyl groups excluding tert-OH is 1. The average molecular weight is 450 g/mol. The van der Waals surface area contributed by atoms with Crippen molar-refractivity contribution in [3.05, 3.63) is 81.1 Å². The molecule has 1 aliphatic rings. The number of benzene rings is 2. The quantitative estimate of drug-likeness (QED) is 0.337. The van der Waals surface area contributed by atoms with Crippen LogP contribution in [0.25, 0.3) is 5.76 Å². The number of ether oxygens (including phenoxy) is 2. The maximum atomic E-state index is 13.3. The lowest BCUT2D eigenvalue weighted by Gasteiger charge is -2.26. The maximum absolute atomic E-state index is 13.3. The molecule has 2 aromatic carbocycles. The molecule has 1 saturated heterocycles. The number of Topliss-reactive ketones (excluding diaryl/α,β-unsaturated/α-hetero) is 1. The smallest absolute Gasteiger partial charge is 0.300 e. The molecular weight excluding hydrogens is 426 g/mol. The van der Waals surface area contributed by atoms with E-state index in [4.69, 9.17) is 9.47 Å². The van der Waals surface area contributed by atoms with Crippen molar-refractivity contribution in [1.82, 2.24) is 0 Å². The molecule has 0 spiro atoms. The summed E-state index contributed by atoms with van der Waals surface area (Å²) in [5, 5.41) is 13.2. The molecule has 1 unspecified atom stereocenters. The number of methoxy groups -OCH3 is 2. The molecule has 0 bridgehead atoms. The molecular formula is C25H23NO5S. The number of hydrogen-bond acceptors (Lipinski definition) is 6. The van der Waals surface area contributed by atoms with Gasteiger partial charge in [-0.25, -0.2) is 0 Å². The van der Waals surface area contributed by atoms with E-state index >= 15 is 0 Å². The summed E-state index contributed by atoms with van der Waals surface area (Å²) < 4.78 is 10.7. The summed E-state index contributed by atoms with van der Waals surface area (Å²) in [6, 6.07) is 13.6. The second-order valence-corrected chi connectivity index (χ2v) is 8.52. The van der Waals surface area contributed by atoms with E-state index in [9.17, 15) is 14.7 Å². The highest BCUT2D eigenvalue weighted by Gasteiger charge is 2.48. The van der Waals surface area contributed by atoms with Gasteiger partial charge in [-0.15, -0.1) is 11.3 Å². The van der Waals surface area contributed by atoms with Crippen LogP contribution in [0.3, 0.4) is 0 Å². The Balaban J connectivity index is 1.97. The normalized spacial score (nSPS) is 17.6.